The zero-order valence-electron chi connectivity index (χ0n) is 20.6. The van der Waals surface area contributed by atoms with E-state index >= 15 is 0 Å². The molecule has 6 saturated heterocycles. The number of carbonyl (C=O) groups excluding carboxylic acids is 1. The van der Waals surface area contributed by atoms with E-state index in [4.69, 9.17) is 9.47 Å². The Morgan fingerprint density at radius 2 is 2.00 bits per heavy atom. The van der Waals surface area contributed by atoms with Gasteiger partial charge in [0, 0.05) is 36.3 Å². The third-order valence-corrected chi connectivity index (χ3v) is 8.99. The largest absolute Gasteiger partial charge is 0.497 e. The van der Waals surface area contributed by atoms with Crippen LogP contribution in [-0.2, 0) is 4.74 Å². The maximum Gasteiger partial charge on any atom is 0.408 e. The Hall–Kier alpha value is -2.64. The van der Waals surface area contributed by atoms with Gasteiger partial charge in [0.1, 0.15) is 11.9 Å². The summed E-state index contributed by atoms with van der Waals surface area (Å²) in [6.07, 6.45) is 7.75. The normalized spacial score (nSPS) is 34.4. The van der Waals surface area contributed by atoms with Crippen molar-refractivity contribution < 1.29 is 14.3 Å². The molecule has 1 N–H and O–H groups in total. The smallest absolute Gasteiger partial charge is 0.408 e. The third kappa shape index (κ3) is 4.29. The van der Waals surface area contributed by atoms with Gasteiger partial charge in [-0.05, 0) is 87.3 Å². The summed E-state index contributed by atoms with van der Waals surface area (Å²) in [7, 11) is 1.67. The van der Waals surface area contributed by atoms with E-state index < -0.39 is 0 Å². The predicted octanol–water partition coefficient (Wildman–Crippen LogP) is 4.00. The van der Waals surface area contributed by atoms with Crippen molar-refractivity contribution in [1.29, 1.82) is 0 Å². The first-order valence-corrected chi connectivity index (χ1v) is 13.1. The molecule has 0 saturated carbocycles. The van der Waals surface area contributed by atoms with Crippen LogP contribution in [0.5, 0.6) is 5.75 Å². The van der Waals surface area contributed by atoms with E-state index in [1.165, 1.54) is 6.42 Å². The summed E-state index contributed by atoms with van der Waals surface area (Å²) in [5, 5.41) is 4.23. The highest BCUT2D eigenvalue weighted by atomic mass is 16.6. The number of ether oxygens (including phenoxy) is 2. The summed E-state index contributed by atoms with van der Waals surface area (Å²) in [6.45, 7) is 9.31. The average Bonchev–Trinajstić information content (AvgIpc) is 2.92. The van der Waals surface area contributed by atoms with Crippen molar-refractivity contribution in [3.63, 3.8) is 0 Å². The molecule has 7 heterocycles. The highest BCUT2D eigenvalue weighted by Crippen LogP contribution is 2.43. The number of rotatable bonds is 6. The Kier molecular flexibility index (Phi) is 6.14. The molecule has 4 bridgehead atoms. The zero-order valence-corrected chi connectivity index (χ0v) is 20.6. The van der Waals surface area contributed by atoms with Gasteiger partial charge in [-0.15, -0.1) is 6.58 Å². The number of carbonyl (C=O) groups is 1. The molecule has 6 aliphatic rings. The van der Waals surface area contributed by atoms with Gasteiger partial charge in [-0.1, -0.05) is 6.08 Å². The van der Waals surface area contributed by atoms with Crippen LogP contribution in [0.4, 0.5) is 4.79 Å². The minimum Gasteiger partial charge on any atom is -0.497 e. The van der Waals surface area contributed by atoms with Crippen LogP contribution < -0.4 is 10.1 Å². The number of hydrogen-bond acceptors (Lipinski definition) is 6. The molecule has 8 rings (SSSR count). The number of nitrogens with one attached hydrogen (secondary N) is 1. The van der Waals surface area contributed by atoms with E-state index in [0.717, 1.165) is 74.2 Å². The number of alkyl carbamates (subject to hydrolysis) is 1. The quantitative estimate of drug-likeness (QED) is 0.636. The molecule has 7 nitrogen and oxygen atoms in total. The SMILES string of the molecule is C=C[C@H]1CN2CC[C@H]1C[C@H]2[C@H](OC(=O)NC1CN2CCC1CC2)c1ccnc2ccc(OC)cc12. The Bertz CT molecular complexity index is 1100. The minimum atomic E-state index is -0.373. The van der Waals surface area contributed by atoms with Crippen molar-refractivity contribution in [3.8, 4) is 5.75 Å². The Labute approximate surface area is 207 Å². The lowest BCUT2D eigenvalue weighted by Gasteiger charge is -2.51. The number of aromatic nitrogens is 1. The molecule has 6 fully saturated rings. The molecule has 35 heavy (non-hydrogen) atoms. The molecule has 1 aromatic heterocycles. The Morgan fingerprint density at radius 1 is 1.17 bits per heavy atom. The molecule has 6 atom stereocenters. The van der Waals surface area contributed by atoms with Gasteiger partial charge in [0.2, 0.25) is 0 Å². The van der Waals surface area contributed by atoms with Gasteiger partial charge < -0.3 is 19.7 Å². The Morgan fingerprint density at radius 3 is 2.69 bits per heavy atom. The lowest BCUT2D eigenvalue weighted by atomic mass is 9.73. The van der Waals surface area contributed by atoms with Crippen LogP contribution in [0.15, 0.2) is 43.1 Å². The molecular formula is C28H36N4O3. The monoisotopic (exact) mass is 476 g/mol. The molecule has 0 aliphatic carbocycles. The molecular weight excluding hydrogens is 440 g/mol. The number of benzene rings is 1. The first-order chi connectivity index (χ1) is 17.1. The van der Waals surface area contributed by atoms with Gasteiger partial charge in [0.25, 0.3) is 0 Å². The van der Waals surface area contributed by atoms with Crippen LogP contribution in [0.1, 0.15) is 37.4 Å². The van der Waals surface area contributed by atoms with Crippen molar-refractivity contribution in [1.82, 2.24) is 20.1 Å². The summed E-state index contributed by atoms with van der Waals surface area (Å²) in [6, 6.07) is 8.25. The minimum absolute atomic E-state index is 0.138. The topological polar surface area (TPSA) is 66.9 Å². The van der Waals surface area contributed by atoms with Crippen LogP contribution in [0.2, 0.25) is 0 Å². The van der Waals surface area contributed by atoms with Gasteiger partial charge in [0.05, 0.1) is 18.7 Å². The Balaban J connectivity index is 1.31. The second-order valence-electron chi connectivity index (χ2n) is 10.7. The van der Waals surface area contributed by atoms with Crippen LogP contribution in [-0.4, -0.2) is 72.8 Å². The number of amides is 1. The number of nitrogens with zero attached hydrogens (tertiary/aromatic N) is 3. The van der Waals surface area contributed by atoms with Crippen LogP contribution in [0.25, 0.3) is 10.9 Å². The lowest BCUT2D eigenvalue weighted by Crippen LogP contribution is -2.58. The van der Waals surface area contributed by atoms with E-state index in [-0.39, 0.29) is 24.3 Å². The number of pyridine rings is 1. The maximum atomic E-state index is 13.4. The van der Waals surface area contributed by atoms with E-state index in [9.17, 15) is 4.79 Å². The number of methoxy groups -OCH3 is 1. The van der Waals surface area contributed by atoms with Gasteiger partial charge in [-0.2, -0.15) is 0 Å². The molecule has 0 spiro atoms. The van der Waals surface area contributed by atoms with E-state index in [1.807, 2.05) is 30.5 Å². The van der Waals surface area contributed by atoms with Gasteiger partial charge in [-0.25, -0.2) is 4.79 Å². The number of piperidine rings is 6. The van der Waals surface area contributed by atoms with Gasteiger partial charge in [-0.3, -0.25) is 9.88 Å². The van der Waals surface area contributed by atoms with Crippen LogP contribution in [0.3, 0.4) is 0 Å². The molecule has 1 amide bonds. The van der Waals surface area contributed by atoms with Crippen molar-refractivity contribution >= 4 is 17.0 Å². The average molecular weight is 477 g/mol. The van der Waals surface area contributed by atoms with Crippen LogP contribution in [0, 0.1) is 17.8 Å². The molecule has 1 aromatic carbocycles. The number of fused-ring (bicyclic) bond motifs is 7. The first kappa shape index (κ1) is 22.8. The van der Waals surface area contributed by atoms with Crippen LogP contribution >= 0.6 is 0 Å². The standard InChI is InChI=1S/C28H36N4O3/c1-3-18-16-32-13-9-20(18)14-26(32)27(22-6-10-29-24-5-4-21(34-2)15-23(22)24)35-28(33)30-25-17-31-11-7-19(25)8-12-31/h3-6,10,15,18-20,25-27H,1,7-9,11-14,16-17H2,2H3,(H,30,33)/t18-,20-,25?,26-,27+/m0/s1. The molecule has 186 valence electrons. The molecule has 7 heteroatoms. The van der Waals surface area contributed by atoms with Crippen molar-refractivity contribution in [3.05, 3.63) is 48.7 Å². The number of hydrogen-bond donors (Lipinski definition) is 1. The van der Waals surface area contributed by atoms with Gasteiger partial charge >= 0.3 is 6.09 Å². The summed E-state index contributed by atoms with van der Waals surface area (Å²) in [4.78, 5) is 22.9. The van der Waals surface area contributed by atoms with E-state index in [1.54, 1.807) is 7.11 Å². The highest BCUT2D eigenvalue weighted by molar-refractivity contribution is 5.84. The predicted molar refractivity (Wildman–Crippen MR) is 135 cm³/mol. The first-order valence-electron chi connectivity index (χ1n) is 13.1. The fourth-order valence-corrected chi connectivity index (χ4v) is 6.99. The van der Waals surface area contributed by atoms with Crippen molar-refractivity contribution in [2.45, 2.75) is 43.9 Å². The van der Waals surface area contributed by atoms with E-state index in [0.29, 0.717) is 17.8 Å². The van der Waals surface area contributed by atoms with E-state index in [2.05, 4.69) is 32.8 Å². The maximum absolute atomic E-state index is 13.4. The molecule has 2 unspecified atom stereocenters. The fraction of sp³-hybridized carbons (Fsp3) is 0.571. The summed E-state index contributed by atoms with van der Waals surface area (Å²) >= 11 is 0. The zero-order chi connectivity index (χ0) is 23.9. The van der Waals surface area contributed by atoms with Gasteiger partial charge in [0.15, 0.2) is 0 Å². The summed E-state index contributed by atoms with van der Waals surface area (Å²) in [5.41, 5.74) is 1.89. The van der Waals surface area contributed by atoms with Crippen molar-refractivity contribution in [2.24, 2.45) is 17.8 Å². The lowest BCUT2D eigenvalue weighted by molar-refractivity contribution is -0.0516. The molecule has 2 aromatic rings. The summed E-state index contributed by atoms with van der Waals surface area (Å²) < 4.78 is 11.9. The fourth-order valence-electron chi connectivity index (χ4n) is 6.99. The molecule has 0 radical (unpaired) electrons. The van der Waals surface area contributed by atoms with Crippen molar-refractivity contribution in [2.75, 3.05) is 39.8 Å². The highest BCUT2D eigenvalue weighted by Gasteiger charge is 2.45. The second-order valence-corrected chi connectivity index (χ2v) is 10.7. The second kappa shape index (κ2) is 9.43. The third-order valence-electron chi connectivity index (χ3n) is 8.99. The molecule has 6 aliphatic heterocycles. The summed E-state index contributed by atoms with van der Waals surface area (Å²) in [5.74, 6) is 2.43.